The summed E-state index contributed by atoms with van der Waals surface area (Å²) < 4.78 is 5.24. The topological polar surface area (TPSA) is 50.4 Å². The predicted molar refractivity (Wildman–Crippen MR) is 50.7 cm³/mol. The van der Waals surface area contributed by atoms with Crippen LogP contribution in [0.3, 0.4) is 0 Å². The Morgan fingerprint density at radius 1 is 1.62 bits per heavy atom. The van der Waals surface area contributed by atoms with E-state index in [1.807, 2.05) is 6.92 Å². The van der Waals surface area contributed by atoms with E-state index in [0.717, 1.165) is 32.4 Å². The molecule has 0 aromatic carbocycles. The number of rotatable bonds is 3. The van der Waals surface area contributed by atoms with Crippen molar-refractivity contribution >= 4 is 6.03 Å². The van der Waals surface area contributed by atoms with Gasteiger partial charge in [-0.1, -0.05) is 6.92 Å². The summed E-state index contributed by atoms with van der Waals surface area (Å²) in [5.41, 5.74) is 0. The van der Waals surface area contributed by atoms with Crippen LogP contribution in [0.15, 0.2) is 0 Å². The lowest BCUT2D eigenvalue weighted by Crippen LogP contribution is -2.45. The molecule has 1 aliphatic rings. The van der Waals surface area contributed by atoms with Crippen LogP contribution in [-0.2, 0) is 4.74 Å². The molecular weight excluding hydrogens is 168 g/mol. The summed E-state index contributed by atoms with van der Waals surface area (Å²) in [4.78, 5) is 11.2. The first-order chi connectivity index (χ1) is 6.33. The highest BCUT2D eigenvalue weighted by molar-refractivity contribution is 5.74. The molecule has 0 saturated carbocycles. The smallest absolute Gasteiger partial charge is 0.315 e. The van der Waals surface area contributed by atoms with Gasteiger partial charge in [0.25, 0.3) is 0 Å². The van der Waals surface area contributed by atoms with Crippen molar-refractivity contribution in [3.05, 3.63) is 0 Å². The van der Waals surface area contributed by atoms with Gasteiger partial charge in [-0.2, -0.15) is 0 Å². The third-order valence-electron chi connectivity index (χ3n) is 2.03. The van der Waals surface area contributed by atoms with Gasteiger partial charge in [0.1, 0.15) is 0 Å². The number of hydrogen-bond donors (Lipinski definition) is 2. The molecule has 0 bridgehead atoms. The summed E-state index contributed by atoms with van der Waals surface area (Å²) >= 11 is 0. The molecule has 0 aliphatic carbocycles. The van der Waals surface area contributed by atoms with Crippen molar-refractivity contribution in [3.8, 4) is 0 Å². The Bertz CT molecular complexity index is 156. The van der Waals surface area contributed by atoms with Crippen LogP contribution in [0.2, 0.25) is 0 Å². The van der Waals surface area contributed by atoms with Crippen molar-refractivity contribution in [2.75, 3.05) is 19.8 Å². The van der Waals surface area contributed by atoms with Crippen molar-refractivity contribution < 1.29 is 9.53 Å². The maximum absolute atomic E-state index is 11.2. The Labute approximate surface area is 79.0 Å². The van der Waals surface area contributed by atoms with E-state index in [1.54, 1.807) is 0 Å². The Hall–Kier alpha value is -0.770. The quantitative estimate of drug-likeness (QED) is 0.687. The van der Waals surface area contributed by atoms with Crippen LogP contribution in [0, 0.1) is 0 Å². The van der Waals surface area contributed by atoms with Gasteiger partial charge in [-0.15, -0.1) is 0 Å². The first-order valence-corrected chi connectivity index (χ1v) is 4.95. The monoisotopic (exact) mass is 186 g/mol. The molecule has 0 unspecified atom stereocenters. The fourth-order valence-corrected chi connectivity index (χ4v) is 1.33. The molecule has 0 radical (unpaired) electrons. The second-order valence-electron chi connectivity index (χ2n) is 3.31. The van der Waals surface area contributed by atoms with E-state index >= 15 is 0 Å². The Kier molecular flexibility index (Phi) is 4.60. The van der Waals surface area contributed by atoms with Crippen LogP contribution in [0.5, 0.6) is 0 Å². The standard InChI is InChI=1S/C9H18N2O2/c1-2-5-10-9(12)11-8-4-3-6-13-7-8/h8H,2-7H2,1H3,(H2,10,11,12)/t8-/m1/s1. The zero-order valence-electron chi connectivity index (χ0n) is 8.14. The molecule has 1 atom stereocenters. The Morgan fingerprint density at radius 2 is 2.46 bits per heavy atom. The van der Waals surface area contributed by atoms with Gasteiger partial charge >= 0.3 is 6.03 Å². The van der Waals surface area contributed by atoms with Crippen molar-refractivity contribution in [1.82, 2.24) is 10.6 Å². The first kappa shape index (κ1) is 10.3. The number of amides is 2. The molecule has 1 fully saturated rings. The number of ether oxygens (including phenoxy) is 1. The number of urea groups is 1. The van der Waals surface area contributed by atoms with Gasteiger partial charge in [-0.25, -0.2) is 4.79 Å². The minimum absolute atomic E-state index is 0.0719. The molecule has 2 amide bonds. The van der Waals surface area contributed by atoms with Crippen molar-refractivity contribution in [1.29, 1.82) is 0 Å². The molecule has 0 aromatic heterocycles. The molecule has 1 heterocycles. The zero-order valence-corrected chi connectivity index (χ0v) is 8.14. The largest absolute Gasteiger partial charge is 0.379 e. The minimum atomic E-state index is -0.0719. The van der Waals surface area contributed by atoms with E-state index in [1.165, 1.54) is 0 Å². The number of hydrogen-bond acceptors (Lipinski definition) is 2. The van der Waals surface area contributed by atoms with Crippen molar-refractivity contribution in [3.63, 3.8) is 0 Å². The van der Waals surface area contributed by atoms with Gasteiger partial charge in [-0.05, 0) is 19.3 Å². The van der Waals surface area contributed by atoms with E-state index in [9.17, 15) is 4.79 Å². The molecule has 1 rings (SSSR count). The number of carbonyl (C=O) groups excluding carboxylic acids is 1. The van der Waals surface area contributed by atoms with Crippen LogP contribution >= 0.6 is 0 Å². The highest BCUT2D eigenvalue weighted by atomic mass is 16.5. The molecule has 1 aliphatic heterocycles. The van der Waals surface area contributed by atoms with E-state index < -0.39 is 0 Å². The minimum Gasteiger partial charge on any atom is -0.379 e. The predicted octanol–water partition coefficient (Wildman–Crippen LogP) is 0.875. The lowest BCUT2D eigenvalue weighted by Gasteiger charge is -2.23. The van der Waals surface area contributed by atoms with Gasteiger partial charge in [0, 0.05) is 13.2 Å². The highest BCUT2D eigenvalue weighted by Gasteiger charge is 2.15. The van der Waals surface area contributed by atoms with E-state index in [2.05, 4.69) is 10.6 Å². The SMILES string of the molecule is CCCNC(=O)N[C@@H]1CCCOC1. The van der Waals surface area contributed by atoms with Gasteiger partial charge in [0.05, 0.1) is 12.6 Å². The van der Waals surface area contributed by atoms with E-state index in [-0.39, 0.29) is 12.1 Å². The van der Waals surface area contributed by atoms with Gasteiger partial charge in [0.15, 0.2) is 0 Å². The van der Waals surface area contributed by atoms with Crippen molar-refractivity contribution in [2.45, 2.75) is 32.2 Å². The molecule has 2 N–H and O–H groups in total. The average molecular weight is 186 g/mol. The van der Waals surface area contributed by atoms with Crippen LogP contribution in [0.4, 0.5) is 4.79 Å². The molecule has 0 aromatic rings. The average Bonchev–Trinajstić information content (AvgIpc) is 2.16. The molecule has 76 valence electrons. The second kappa shape index (κ2) is 5.80. The Morgan fingerprint density at radius 3 is 3.08 bits per heavy atom. The van der Waals surface area contributed by atoms with Gasteiger partial charge < -0.3 is 15.4 Å². The first-order valence-electron chi connectivity index (χ1n) is 4.95. The van der Waals surface area contributed by atoms with Gasteiger partial charge in [-0.3, -0.25) is 0 Å². The molecule has 4 nitrogen and oxygen atoms in total. The lowest BCUT2D eigenvalue weighted by atomic mass is 10.1. The number of carbonyl (C=O) groups is 1. The second-order valence-corrected chi connectivity index (χ2v) is 3.31. The van der Waals surface area contributed by atoms with Crippen LogP contribution in [0.1, 0.15) is 26.2 Å². The molecule has 4 heteroatoms. The molecule has 1 saturated heterocycles. The lowest BCUT2D eigenvalue weighted by molar-refractivity contribution is 0.0732. The van der Waals surface area contributed by atoms with Crippen LogP contribution in [0.25, 0.3) is 0 Å². The van der Waals surface area contributed by atoms with Crippen molar-refractivity contribution in [2.24, 2.45) is 0 Å². The molecule has 0 spiro atoms. The van der Waals surface area contributed by atoms with E-state index in [0.29, 0.717) is 6.61 Å². The fourth-order valence-electron chi connectivity index (χ4n) is 1.33. The summed E-state index contributed by atoms with van der Waals surface area (Å²) in [6.45, 7) is 4.25. The fraction of sp³-hybridized carbons (Fsp3) is 0.889. The summed E-state index contributed by atoms with van der Waals surface area (Å²) in [5, 5.41) is 5.65. The third kappa shape index (κ3) is 4.12. The summed E-state index contributed by atoms with van der Waals surface area (Å²) in [5.74, 6) is 0. The molecular formula is C9H18N2O2. The van der Waals surface area contributed by atoms with Crippen LogP contribution < -0.4 is 10.6 Å². The zero-order chi connectivity index (χ0) is 9.52. The molecule has 13 heavy (non-hydrogen) atoms. The summed E-state index contributed by atoms with van der Waals surface area (Å²) in [7, 11) is 0. The van der Waals surface area contributed by atoms with Gasteiger partial charge in [0.2, 0.25) is 0 Å². The normalized spacial score (nSPS) is 22.4. The van der Waals surface area contributed by atoms with Crippen LogP contribution in [-0.4, -0.2) is 31.8 Å². The maximum Gasteiger partial charge on any atom is 0.315 e. The summed E-state index contributed by atoms with van der Waals surface area (Å²) in [6.07, 6.45) is 3.03. The summed E-state index contributed by atoms with van der Waals surface area (Å²) in [6, 6.07) is 0.128. The maximum atomic E-state index is 11.2. The number of nitrogens with one attached hydrogen (secondary N) is 2. The highest BCUT2D eigenvalue weighted by Crippen LogP contribution is 2.04. The Balaban J connectivity index is 2.11. The van der Waals surface area contributed by atoms with E-state index in [4.69, 9.17) is 4.74 Å². The third-order valence-corrected chi connectivity index (χ3v) is 2.03.